The van der Waals surface area contributed by atoms with Gasteiger partial charge in [0.1, 0.15) is 5.82 Å². The van der Waals surface area contributed by atoms with Crippen molar-refractivity contribution in [2.45, 2.75) is 6.18 Å². The second-order valence-corrected chi connectivity index (χ2v) is 6.43. The van der Waals surface area contributed by atoms with E-state index in [9.17, 15) is 22.4 Å². The highest BCUT2D eigenvalue weighted by atomic mass is 35.5. The molecule has 1 amide bonds. The largest absolute Gasteiger partial charge is 0.416 e. The lowest BCUT2D eigenvalue weighted by molar-refractivity contribution is -0.137. The van der Waals surface area contributed by atoms with Gasteiger partial charge in [0.05, 0.1) is 21.8 Å². The quantitative estimate of drug-likeness (QED) is 0.558. The summed E-state index contributed by atoms with van der Waals surface area (Å²) in [7, 11) is 0. The SMILES string of the molecule is O=C(Nc1nc(-c2cccc(C(F)(F)F)c2)cs1)c1c(F)cccc1Cl. The van der Waals surface area contributed by atoms with Gasteiger partial charge in [0.2, 0.25) is 0 Å². The second kappa shape index (κ2) is 7.05. The lowest BCUT2D eigenvalue weighted by atomic mass is 10.1. The summed E-state index contributed by atoms with van der Waals surface area (Å²) in [6, 6.07) is 8.50. The Balaban J connectivity index is 1.84. The van der Waals surface area contributed by atoms with Crippen molar-refractivity contribution >= 4 is 34.0 Å². The summed E-state index contributed by atoms with van der Waals surface area (Å²) in [5, 5.41) is 3.95. The Morgan fingerprint density at radius 2 is 1.88 bits per heavy atom. The fourth-order valence-corrected chi connectivity index (χ4v) is 3.16. The summed E-state index contributed by atoms with van der Waals surface area (Å²) in [6.07, 6.45) is -4.47. The number of amides is 1. The van der Waals surface area contributed by atoms with Crippen molar-refractivity contribution in [2.75, 3.05) is 5.32 Å². The van der Waals surface area contributed by atoms with Crippen LogP contribution in [0.5, 0.6) is 0 Å². The van der Waals surface area contributed by atoms with Gasteiger partial charge in [0.15, 0.2) is 5.13 Å². The third-order valence-corrected chi connectivity index (χ3v) is 4.47. The molecular weight excluding hydrogens is 392 g/mol. The monoisotopic (exact) mass is 400 g/mol. The van der Waals surface area contributed by atoms with Crippen molar-refractivity contribution in [1.82, 2.24) is 4.98 Å². The molecule has 1 heterocycles. The molecule has 134 valence electrons. The maximum Gasteiger partial charge on any atom is 0.416 e. The van der Waals surface area contributed by atoms with E-state index in [1.165, 1.54) is 29.6 Å². The number of nitrogens with one attached hydrogen (secondary N) is 1. The first kappa shape index (κ1) is 18.3. The van der Waals surface area contributed by atoms with Crippen molar-refractivity contribution in [1.29, 1.82) is 0 Å². The number of anilines is 1. The van der Waals surface area contributed by atoms with Crippen LogP contribution in [-0.2, 0) is 6.18 Å². The number of halogens is 5. The molecule has 9 heteroatoms. The van der Waals surface area contributed by atoms with E-state index in [0.29, 0.717) is 0 Å². The summed E-state index contributed by atoms with van der Waals surface area (Å²) >= 11 is 6.83. The maximum absolute atomic E-state index is 13.8. The molecule has 3 rings (SSSR count). The van der Waals surface area contributed by atoms with Gasteiger partial charge in [-0.05, 0) is 24.3 Å². The van der Waals surface area contributed by atoms with Gasteiger partial charge < -0.3 is 0 Å². The van der Waals surface area contributed by atoms with Crippen LogP contribution in [-0.4, -0.2) is 10.9 Å². The molecule has 3 nitrogen and oxygen atoms in total. The molecule has 0 unspecified atom stereocenters. The molecule has 0 aliphatic heterocycles. The summed E-state index contributed by atoms with van der Waals surface area (Å²) in [5.41, 5.74) is -0.617. The minimum atomic E-state index is -4.47. The van der Waals surface area contributed by atoms with E-state index in [2.05, 4.69) is 10.3 Å². The highest BCUT2D eigenvalue weighted by Gasteiger charge is 2.30. The van der Waals surface area contributed by atoms with Gasteiger partial charge in [0.25, 0.3) is 5.91 Å². The third kappa shape index (κ3) is 3.86. The Morgan fingerprint density at radius 3 is 2.58 bits per heavy atom. The Labute approximate surface area is 154 Å². The first-order valence-corrected chi connectivity index (χ1v) is 8.40. The molecule has 3 aromatic rings. The fraction of sp³-hybridized carbons (Fsp3) is 0.0588. The van der Waals surface area contributed by atoms with Crippen LogP contribution in [0.15, 0.2) is 47.8 Å². The van der Waals surface area contributed by atoms with Crippen LogP contribution in [0.4, 0.5) is 22.7 Å². The average Bonchev–Trinajstić information content (AvgIpc) is 3.02. The van der Waals surface area contributed by atoms with Gasteiger partial charge in [-0.2, -0.15) is 13.2 Å². The lowest BCUT2D eigenvalue weighted by Crippen LogP contribution is -2.14. The molecule has 1 N–H and O–H groups in total. The number of thiazole rings is 1. The van der Waals surface area contributed by atoms with E-state index >= 15 is 0 Å². The lowest BCUT2D eigenvalue weighted by Gasteiger charge is -2.07. The van der Waals surface area contributed by atoms with Crippen molar-refractivity contribution in [2.24, 2.45) is 0 Å². The van der Waals surface area contributed by atoms with Crippen molar-refractivity contribution in [3.05, 3.63) is 69.8 Å². The number of hydrogen-bond donors (Lipinski definition) is 1. The minimum absolute atomic E-state index is 0.0582. The van der Waals surface area contributed by atoms with Crippen molar-refractivity contribution in [3.8, 4) is 11.3 Å². The standard InChI is InChI=1S/C17H9ClF4N2OS/c18-11-5-2-6-12(19)14(11)15(25)24-16-23-13(8-26-16)9-3-1-4-10(7-9)17(20,21)22/h1-8H,(H,23,24,25). The first-order valence-electron chi connectivity index (χ1n) is 7.14. The zero-order valence-electron chi connectivity index (χ0n) is 12.8. The molecule has 26 heavy (non-hydrogen) atoms. The zero-order valence-corrected chi connectivity index (χ0v) is 14.3. The molecule has 0 spiro atoms. The number of benzene rings is 2. The number of alkyl halides is 3. The molecule has 0 aliphatic carbocycles. The highest BCUT2D eigenvalue weighted by Crippen LogP contribution is 2.33. The van der Waals surface area contributed by atoms with Gasteiger partial charge in [-0.25, -0.2) is 9.37 Å². The Morgan fingerprint density at radius 1 is 1.15 bits per heavy atom. The molecule has 0 bridgehead atoms. The van der Waals surface area contributed by atoms with E-state index in [1.807, 2.05) is 0 Å². The summed E-state index contributed by atoms with van der Waals surface area (Å²) < 4.78 is 52.2. The number of aromatic nitrogens is 1. The average molecular weight is 401 g/mol. The van der Waals surface area contributed by atoms with Crippen LogP contribution in [0.3, 0.4) is 0 Å². The van der Waals surface area contributed by atoms with Gasteiger partial charge in [-0.15, -0.1) is 11.3 Å². The highest BCUT2D eigenvalue weighted by molar-refractivity contribution is 7.14. The predicted molar refractivity (Wildman–Crippen MR) is 91.9 cm³/mol. The number of rotatable bonds is 3. The second-order valence-electron chi connectivity index (χ2n) is 5.17. The van der Waals surface area contributed by atoms with Crippen LogP contribution < -0.4 is 5.32 Å². The normalized spacial score (nSPS) is 11.4. The summed E-state index contributed by atoms with van der Waals surface area (Å²) in [6.45, 7) is 0. The molecule has 0 aliphatic rings. The molecular formula is C17H9ClF4N2OS. The van der Waals surface area contributed by atoms with Crippen LogP contribution in [0.2, 0.25) is 5.02 Å². The first-order chi connectivity index (χ1) is 12.3. The molecule has 0 fully saturated rings. The predicted octanol–water partition coefficient (Wildman–Crippen LogP) is 5.87. The number of carbonyl (C=O) groups excluding carboxylic acids is 1. The molecule has 0 saturated heterocycles. The van der Waals surface area contributed by atoms with Gasteiger partial charge in [-0.3, -0.25) is 10.1 Å². The molecule has 0 saturated carbocycles. The Bertz CT molecular complexity index is 951. The summed E-state index contributed by atoms with van der Waals surface area (Å²) in [5.74, 6) is -1.58. The smallest absolute Gasteiger partial charge is 0.298 e. The van der Waals surface area contributed by atoms with Crippen LogP contribution in [0, 0.1) is 5.82 Å². The van der Waals surface area contributed by atoms with E-state index in [4.69, 9.17) is 11.6 Å². The number of carbonyl (C=O) groups is 1. The van der Waals surface area contributed by atoms with Crippen molar-refractivity contribution < 1.29 is 22.4 Å². The fourth-order valence-electron chi connectivity index (χ4n) is 2.19. The van der Waals surface area contributed by atoms with Crippen LogP contribution >= 0.6 is 22.9 Å². The number of nitrogens with zero attached hydrogens (tertiary/aromatic N) is 1. The third-order valence-electron chi connectivity index (χ3n) is 3.40. The zero-order chi connectivity index (χ0) is 18.9. The Kier molecular flexibility index (Phi) is 4.97. The van der Waals surface area contributed by atoms with Gasteiger partial charge in [-0.1, -0.05) is 29.8 Å². The summed E-state index contributed by atoms with van der Waals surface area (Å²) in [4.78, 5) is 16.3. The molecule has 0 radical (unpaired) electrons. The van der Waals surface area contributed by atoms with E-state index in [1.54, 1.807) is 0 Å². The van der Waals surface area contributed by atoms with Gasteiger partial charge >= 0.3 is 6.18 Å². The topological polar surface area (TPSA) is 42.0 Å². The number of hydrogen-bond acceptors (Lipinski definition) is 3. The van der Waals surface area contributed by atoms with Crippen LogP contribution in [0.25, 0.3) is 11.3 Å². The molecule has 1 aromatic heterocycles. The Hall–Kier alpha value is -2.45. The minimum Gasteiger partial charge on any atom is -0.298 e. The van der Waals surface area contributed by atoms with E-state index in [-0.39, 0.29) is 27.0 Å². The van der Waals surface area contributed by atoms with E-state index in [0.717, 1.165) is 29.5 Å². The van der Waals surface area contributed by atoms with Crippen molar-refractivity contribution in [3.63, 3.8) is 0 Å². The molecule has 0 atom stereocenters. The molecule has 2 aromatic carbocycles. The maximum atomic E-state index is 13.8. The van der Waals surface area contributed by atoms with E-state index < -0.39 is 23.5 Å². The van der Waals surface area contributed by atoms with Crippen LogP contribution in [0.1, 0.15) is 15.9 Å². The van der Waals surface area contributed by atoms with Gasteiger partial charge in [0, 0.05) is 10.9 Å².